The van der Waals surface area contributed by atoms with Crippen LogP contribution in [0.4, 0.5) is 0 Å². The van der Waals surface area contributed by atoms with Crippen molar-refractivity contribution in [3.8, 4) is 11.4 Å². The Morgan fingerprint density at radius 2 is 2.40 bits per heavy atom. The fraction of sp³-hybridized carbons (Fsp3) is 0.200. The third kappa shape index (κ3) is 1.76. The lowest BCUT2D eigenvalue weighted by atomic mass is 10.1. The predicted molar refractivity (Wildman–Crippen MR) is 54.5 cm³/mol. The van der Waals surface area contributed by atoms with Gasteiger partial charge in [-0.05, 0) is 19.1 Å². The Morgan fingerprint density at radius 3 is 3.00 bits per heavy atom. The van der Waals surface area contributed by atoms with E-state index in [4.69, 9.17) is 5.11 Å². The highest BCUT2D eigenvalue weighted by Gasteiger charge is 2.13. The second-order valence-electron chi connectivity index (χ2n) is 3.33. The van der Waals surface area contributed by atoms with Crippen molar-refractivity contribution in [1.82, 2.24) is 15.2 Å². The van der Waals surface area contributed by atoms with Crippen LogP contribution in [0.15, 0.2) is 18.3 Å². The summed E-state index contributed by atoms with van der Waals surface area (Å²) in [6, 6.07) is 3.77. The minimum absolute atomic E-state index is 0.0282. The number of hydrogen-bond acceptors (Lipinski definition) is 2. The van der Waals surface area contributed by atoms with Gasteiger partial charge in [-0.15, -0.1) is 0 Å². The van der Waals surface area contributed by atoms with Crippen molar-refractivity contribution >= 4 is 5.97 Å². The van der Waals surface area contributed by atoms with Gasteiger partial charge in [0.1, 0.15) is 5.69 Å². The lowest BCUT2D eigenvalue weighted by Gasteiger charge is -1.95. The molecule has 2 rings (SSSR count). The van der Waals surface area contributed by atoms with Crippen LogP contribution in [0.25, 0.3) is 11.4 Å². The van der Waals surface area contributed by atoms with Crippen molar-refractivity contribution in [2.45, 2.75) is 13.3 Å². The number of aromatic amines is 2. The average Bonchev–Trinajstić information content (AvgIpc) is 2.76. The molecule has 3 N–H and O–H groups in total. The summed E-state index contributed by atoms with van der Waals surface area (Å²) >= 11 is 0. The van der Waals surface area contributed by atoms with Gasteiger partial charge in [0, 0.05) is 17.5 Å². The number of nitrogens with one attached hydrogen (secondary N) is 2. The first-order valence-electron chi connectivity index (χ1n) is 4.58. The summed E-state index contributed by atoms with van der Waals surface area (Å²) < 4.78 is 0. The maximum atomic E-state index is 10.6. The Labute approximate surface area is 86.1 Å². The van der Waals surface area contributed by atoms with Gasteiger partial charge >= 0.3 is 5.97 Å². The Balaban J connectivity index is 2.36. The summed E-state index contributed by atoms with van der Waals surface area (Å²) in [5.41, 5.74) is 3.18. The quantitative estimate of drug-likeness (QED) is 0.707. The van der Waals surface area contributed by atoms with Gasteiger partial charge in [0.25, 0.3) is 0 Å². The van der Waals surface area contributed by atoms with Gasteiger partial charge < -0.3 is 10.1 Å². The van der Waals surface area contributed by atoms with E-state index in [-0.39, 0.29) is 6.42 Å². The second-order valence-corrected chi connectivity index (χ2v) is 3.33. The van der Waals surface area contributed by atoms with E-state index in [2.05, 4.69) is 15.2 Å². The van der Waals surface area contributed by atoms with Gasteiger partial charge in [0.05, 0.1) is 12.1 Å². The van der Waals surface area contributed by atoms with Crippen molar-refractivity contribution in [3.63, 3.8) is 0 Å². The van der Waals surface area contributed by atoms with Crippen LogP contribution in [0.1, 0.15) is 11.3 Å². The number of aromatic nitrogens is 3. The topological polar surface area (TPSA) is 81.8 Å². The van der Waals surface area contributed by atoms with E-state index in [9.17, 15) is 4.79 Å². The first-order chi connectivity index (χ1) is 7.18. The van der Waals surface area contributed by atoms with Crippen molar-refractivity contribution in [2.24, 2.45) is 0 Å². The molecule has 2 aromatic heterocycles. The van der Waals surface area contributed by atoms with Crippen molar-refractivity contribution in [2.75, 3.05) is 0 Å². The average molecular weight is 205 g/mol. The number of carbonyl (C=O) groups is 1. The monoisotopic (exact) mass is 205 g/mol. The van der Waals surface area contributed by atoms with Crippen LogP contribution in [0.2, 0.25) is 0 Å². The van der Waals surface area contributed by atoms with Gasteiger partial charge in [-0.2, -0.15) is 5.10 Å². The molecule has 0 aliphatic heterocycles. The molecule has 0 saturated carbocycles. The molecule has 0 aromatic carbocycles. The van der Waals surface area contributed by atoms with Crippen molar-refractivity contribution in [1.29, 1.82) is 0 Å². The van der Waals surface area contributed by atoms with Gasteiger partial charge in [0.2, 0.25) is 0 Å². The van der Waals surface area contributed by atoms with Crippen LogP contribution in [0.3, 0.4) is 0 Å². The number of nitrogens with zero attached hydrogens (tertiary/aromatic N) is 1. The lowest BCUT2D eigenvalue weighted by Crippen LogP contribution is -2.01. The molecule has 2 aromatic rings. The highest BCUT2D eigenvalue weighted by molar-refractivity contribution is 5.71. The molecule has 0 spiro atoms. The first kappa shape index (κ1) is 9.51. The molecule has 0 aliphatic carbocycles. The third-order valence-corrected chi connectivity index (χ3v) is 2.29. The fourth-order valence-electron chi connectivity index (χ4n) is 1.50. The molecule has 78 valence electrons. The Morgan fingerprint density at radius 1 is 1.60 bits per heavy atom. The molecule has 15 heavy (non-hydrogen) atoms. The summed E-state index contributed by atoms with van der Waals surface area (Å²) in [5, 5.41) is 15.5. The molecule has 0 amide bonds. The predicted octanol–water partition coefficient (Wildman–Crippen LogP) is 1.34. The van der Waals surface area contributed by atoms with E-state index in [1.165, 1.54) is 0 Å². The molecular weight excluding hydrogens is 194 g/mol. The van der Waals surface area contributed by atoms with Gasteiger partial charge in [-0.1, -0.05) is 0 Å². The van der Waals surface area contributed by atoms with E-state index in [1.807, 2.05) is 19.1 Å². The maximum Gasteiger partial charge on any atom is 0.309 e. The molecular formula is C10H11N3O2. The van der Waals surface area contributed by atoms with Crippen LogP contribution in [-0.4, -0.2) is 26.3 Å². The molecule has 5 heteroatoms. The van der Waals surface area contributed by atoms with Crippen LogP contribution in [0, 0.1) is 6.92 Å². The van der Waals surface area contributed by atoms with Crippen molar-refractivity contribution in [3.05, 3.63) is 29.6 Å². The molecule has 0 saturated heterocycles. The normalized spacial score (nSPS) is 10.5. The zero-order valence-electron chi connectivity index (χ0n) is 8.24. The third-order valence-electron chi connectivity index (χ3n) is 2.29. The van der Waals surface area contributed by atoms with Gasteiger partial charge in [0.15, 0.2) is 0 Å². The van der Waals surface area contributed by atoms with E-state index in [1.54, 1.807) is 6.20 Å². The molecule has 2 heterocycles. The highest BCUT2D eigenvalue weighted by atomic mass is 16.4. The maximum absolute atomic E-state index is 10.6. The van der Waals surface area contributed by atoms with Crippen LogP contribution >= 0.6 is 0 Å². The molecule has 0 fully saturated rings. The first-order valence-corrected chi connectivity index (χ1v) is 4.58. The fourth-order valence-corrected chi connectivity index (χ4v) is 1.50. The standard InChI is InChI=1S/C10H11N3O2/c1-6-8(5-9(14)15)12-13-10(6)7-3-2-4-11-7/h2-4,11H,5H2,1H3,(H,12,13)(H,14,15). The number of rotatable bonds is 3. The Kier molecular flexibility index (Phi) is 2.29. The second kappa shape index (κ2) is 3.61. The number of aliphatic carboxylic acids is 1. The van der Waals surface area contributed by atoms with E-state index in [0.717, 1.165) is 17.0 Å². The molecule has 0 radical (unpaired) electrons. The Bertz CT molecular complexity index is 471. The zero-order chi connectivity index (χ0) is 10.8. The summed E-state index contributed by atoms with van der Waals surface area (Å²) in [6.07, 6.45) is 1.78. The van der Waals surface area contributed by atoms with E-state index >= 15 is 0 Å². The minimum atomic E-state index is -0.861. The summed E-state index contributed by atoms with van der Waals surface area (Å²) in [6.45, 7) is 1.86. The van der Waals surface area contributed by atoms with Gasteiger partial charge in [-0.25, -0.2) is 0 Å². The highest BCUT2D eigenvalue weighted by Crippen LogP contribution is 2.21. The summed E-state index contributed by atoms with van der Waals surface area (Å²) in [7, 11) is 0. The summed E-state index contributed by atoms with van der Waals surface area (Å²) in [4.78, 5) is 13.6. The van der Waals surface area contributed by atoms with Crippen LogP contribution in [0.5, 0.6) is 0 Å². The molecule has 0 unspecified atom stereocenters. The molecule has 0 atom stereocenters. The number of H-pyrrole nitrogens is 2. The summed E-state index contributed by atoms with van der Waals surface area (Å²) in [5.74, 6) is -0.861. The van der Waals surface area contributed by atoms with E-state index in [0.29, 0.717) is 5.69 Å². The molecule has 5 nitrogen and oxygen atoms in total. The largest absolute Gasteiger partial charge is 0.481 e. The van der Waals surface area contributed by atoms with Crippen LogP contribution < -0.4 is 0 Å². The Hall–Kier alpha value is -2.04. The number of carboxylic acid groups (broad SMARTS) is 1. The number of hydrogen-bond donors (Lipinski definition) is 3. The van der Waals surface area contributed by atoms with Crippen LogP contribution in [-0.2, 0) is 11.2 Å². The van der Waals surface area contributed by atoms with E-state index < -0.39 is 5.97 Å². The minimum Gasteiger partial charge on any atom is -0.481 e. The molecule has 0 aliphatic rings. The van der Waals surface area contributed by atoms with Crippen molar-refractivity contribution < 1.29 is 9.90 Å². The zero-order valence-corrected chi connectivity index (χ0v) is 8.24. The lowest BCUT2D eigenvalue weighted by molar-refractivity contribution is -0.136. The SMILES string of the molecule is Cc1c(-c2ccc[nH]2)n[nH]c1CC(=O)O. The number of carboxylic acids is 1. The van der Waals surface area contributed by atoms with Gasteiger partial charge in [-0.3, -0.25) is 9.89 Å². The molecule has 0 bridgehead atoms. The smallest absolute Gasteiger partial charge is 0.309 e.